The Hall–Kier alpha value is -0.480. The lowest BCUT2D eigenvalue weighted by atomic mass is 10.2. The van der Waals surface area contributed by atoms with Gasteiger partial charge in [0.05, 0.1) is 0 Å². The predicted octanol–water partition coefficient (Wildman–Crippen LogP) is 4.85. The van der Waals surface area contributed by atoms with E-state index in [1.807, 2.05) is 18.2 Å². The van der Waals surface area contributed by atoms with Gasteiger partial charge in [0, 0.05) is 26.7 Å². The predicted molar refractivity (Wildman–Crippen MR) is 83.0 cm³/mol. The quantitative estimate of drug-likeness (QED) is 0.803. The fourth-order valence-corrected chi connectivity index (χ4v) is 3.24. The van der Waals surface area contributed by atoms with E-state index in [0.29, 0.717) is 6.54 Å². The molecule has 0 saturated heterocycles. The molecule has 2 rings (SSSR count). The zero-order chi connectivity index (χ0) is 13.0. The first-order valence-electron chi connectivity index (χ1n) is 5.55. The highest BCUT2D eigenvalue weighted by Crippen LogP contribution is 2.28. The molecule has 94 valence electrons. The highest BCUT2D eigenvalue weighted by Gasteiger charge is 2.02. The molecular formula is C14H13BrClNS. The van der Waals surface area contributed by atoms with Crippen LogP contribution in [0.2, 0.25) is 5.02 Å². The third-order valence-electron chi connectivity index (χ3n) is 2.57. The lowest BCUT2D eigenvalue weighted by Crippen LogP contribution is -1.94. The summed E-state index contributed by atoms with van der Waals surface area (Å²) >= 11 is 11.4. The van der Waals surface area contributed by atoms with Crippen LogP contribution in [0, 0.1) is 0 Å². The number of hydrogen-bond acceptors (Lipinski definition) is 2. The Morgan fingerprint density at radius 1 is 1.11 bits per heavy atom. The van der Waals surface area contributed by atoms with Crippen molar-refractivity contribution >= 4 is 39.3 Å². The number of nitrogens with two attached hydrogens (primary N) is 1. The Kier molecular flexibility index (Phi) is 5.13. The normalized spacial score (nSPS) is 10.6. The van der Waals surface area contributed by atoms with Crippen LogP contribution in [-0.4, -0.2) is 0 Å². The van der Waals surface area contributed by atoms with Crippen molar-refractivity contribution in [2.45, 2.75) is 17.2 Å². The first-order chi connectivity index (χ1) is 8.69. The standard InChI is InChI=1S/C14H13BrClNS/c15-12-4-3-11(14(16)7-12)9-18-13-5-1-10(8-17)2-6-13/h1-7H,8-9,17H2. The molecule has 2 N–H and O–H groups in total. The average molecular weight is 343 g/mol. The molecule has 0 bridgehead atoms. The zero-order valence-electron chi connectivity index (χ0n) is 9.70. The molecule has 2 aromatic rings. The van der Waals surface area contributed by atoms with E-state index in [1.54, 1.807) is 11.8 Å². The summed E-state index contributed by atoms with van der Waals surface area (Å²) in [7, 11) is 0. The molecule has 2 aromatic carbocycles. The SMILES string of the molecule is NCc1ccc(SCc2ccc(Br)cc2Cl)cc1. The van der Waals surface area contributed by atoms with Gasteiger partial charge < -0.3 is 5.73 Å². The van der Waals surface area contributed by atoms with E-state index in [4.69, 9.17) is 17.3 Å². The Bertz CT molecular complexity index is 528. The minimum atomic E-state index is 0.587. The molecule has 18 heavy (non-hydrogen) atoms. The van der Waals surface area contributed by atoms with Gasteiger partial charge in [-0.25, -0.2) is 0 Å². The third-order valence-corrected chi connectivity index (χ3v) is 4.47. The zero-order valence-corrected chi connectivity index (χ0v) is 12.9. The van der Waals surface area contributed by atoms with Gasteiger partial charge >= 0.3 is 0 Å². The maximum absolute atomic E-state index is 6.18. The minimum Gasteiger partial charge on any atom is -0.326 e. The van der Waals surface area contributed by atoms with Crippen molar-refractivity contribution in [3.63, 3.8) is 0 Å². The molecule has 0 radical (unpaired) electrons. The molecular weight excluding hydrogens is 330 g/mol. The summed E-state index contributed by atoms with van der Waals surface area (Å²) in [6.45, 7) is 0.587. The van der Waals surface area contributed by atoms with Crippen LogP contribution in [0.5, 0.6) is 0 Å². The average Bonchev–Trinajstić information content (AvgIpc) is 2.38. The second-order valence-electron chi connectivity index (χ2n) is 3.87. The Labute approximate surface area is 125 Å². The topological polar surface area (TPSA) is 26.0 Å². The Morgan fingerprint density at radius 3 is 2.44 bits per heavy atom. The fraction of sp³-hybridized carbons (Fsp3) is 0.143. The summed E-state index contributed by atoms with van der Waals surface area (Å²) in [5.41, 5.74) is 7.87. The molecule has 0 aliphatic rings. The number of rotatable bonds is 4. The lowest BCUT2D eigenvalue weighted by molar-refractivity contribution is 1.07. The van der Waals surface area contributed by atoms with Crippen LogP contribution in [0.15, 0.2) is 51.8 Å². The van der Waals surface area contributed by atoms with E-state index in [0.717, 1.165) is 26.4 Å². The van der Waals surface area contributed by atoms with Gasteiger partial charge in [-0.3, -0.25) is 0 Å². The maximum Gasteiger partial charge on any atom is 0.0457 e. The van der Waals surface area contributed by atoms with Gasteiger partial charge in [0.1, 0.15) is 0 Å². The van der Waals surface area contributed by atoms with Gasteiger partial charge in [-0.15, -0.1) is 11.8 Å². The third kappa shape index (κ3) is 3.75. The molecule has 0 fully saturated rings. The largest absolute Gasteiger partial charge is 0.326 e. The maximum atomic E-state index is 6.18. The minimum absolute atomic E-state index is 0.587. The van der Waals surface area contributed by atoms with E-state index < -0.39 is 0 Å². The van der Waals surface area contributed by atoms with Gasteiger partial charge in [-0.05, 0) is 35.4 Å². The van der Waals surface area contributed by atoms with Crippen molar-refractivity contribution in [3.05, 3.63) is 63.1 Å². The van der Waals surface area contributed by atoms with Gasteiger partial charge in [-0.1, -0.05) is 45.7 Å². The molecule has 1 nitrogen and oxygen atoms in total. The summed E-state index contributed by atoms with van der Waals surface area (Å²) in [6, 6.07) is 14.3. The van der Waals surface area contributed by atoms with Gasteiger partial charge in [-0.2, -0.15) is 0 Å². The molecule has 0 aromatic heterocycles. The van der Waals surface area contributed by atoms with Crippen LogP contribution in [0.25, 0.3) is 0 Å². The molecule has 0 unspecified atom stereocenters. The monoisotopic (exact) mass is 341 g/mol. The van der Waals surface area contributed by atoms with Crippen LogP contribution in [-0.2, 0) is 12.3 Å². The molecule has 0 spiro atoms. The summed E-state index contributed by atoms with van der Waals surface area (Å²) < 4.78 is 1.01. The van der Waals surface area contributed by atoms with Crippen molar-refractivity contribution in [2.75, 3.05) is 0 Å². The summed E-state index contributed by atoms with van der Waals surface area (Å²) in [5.74, 6) is 0.869. The molecule has 4 heteroatoms. The number of benzene rings is 2. The fourth-order valence-electron chi connectivity index (χ4n) is 1.52. The highest BCUT2D eigenvalue weighted by molar-refractivity contribution is 9.10. The van der Waals surface area contributed by atoms with Crippen LogP contribution in [0.4, 0.5) is 0 Å². The molecule has 0 aliphatic heterocycles. The van der Waals surface area contributed by atoms with Gasteiger partial charge in [0.15, 0.2) is 0 Å². The second kappa shape index (κ2) is 6.62. The molecule has 0 atom stereocenters. The molecule has 0 aliphatic carbocycles. The van der Waals surface area contributed by atoms with Crippen LogP contribution in [0.3, 0.4) is 0 Å². The molecule has 0 heterocycles. The van der Waals surface area contributed by atoms with E-state index in [2.05, 4.69) is 40.2 Å². The van der Waals surface area contributed by atoms with Gasteiger partial charge in [0.25, 0.3) is 0 Å². The van der Waals surface area contributed by atoms with Crippen LogP contribution in [0.1, 0.15) is 11.1 Å². The van der Waals surface area contributed by atoms with Gasteiger partial charge in [0.2, 0.25) is 0 Å². The number of hydrogen-bond donors (Lipinski definition) is 1. The smallest absolute Gasteiger partial charge is 0.0457 e. The number of halogens is 2. The Balaban J connectivity index is 2.02. The van der Waals surface area contributed by atoms with Crippen LogP contribution < -0.4 is 5.73 Å². The first-order valence-corrected chi connectivity index (χ1v) is 7.70. The Morgan fingerprint density at radius 2 is 1.83 bits per heavy atom. The summed E-state index contributed by atoms with van der Waals surface area (Å²) in [6.07, 6.45) is 0. The highest BCUT2D eigenvalue weighted by atomic mass is 79.9. The summed E-state index contributed by atoms with van der Waals surface area (Å²) in [4.78, 5) is 1.23. The van der Waals surface area contributed by atoms with Crippen molar-refractivity contribution in [1.29, 1.82) is 0 Å². The molecule has 0 saturated carbocycles. The van der Waals surface area contributed by atoms with E-state index >= 15 is 0 Å². The molecule has 0 amide bonds. The van der Waals surface area contributed by atoms with E-state index in [1.165, 1.54) is 4.90 Å². The van der Waals surface area contributed by atoms with E-state index in [9.17, 15) is 0 Å². The summed E-state index contributed by atoms with van der Waals surface area (Å²) in [5, 5.41) is 0.801. The van der Waals surface area contributed by atoms with E-state index in [-0.39, 0.29) is 0 Å². The van der Waals surface area contributed by atoms with Crippen molar-refractivity contribution < 1.29 is 0 Å². The number of thioether (sulfide) groups is 1. The lowest BCUT2D eigenvalue weighted by Gasteiger charge is -2.05. The van der Waals surface area contributed by atoms with Crippen LogP contribution >= 0.6 is 39.3 Å². The van der Waals surface area contributed by atoms with Crippen molar-refractivity contribution in [3.8, 4) is 0 Å². The second-order valence-corrected chi connectivity index (χ2v) is 6.24. The van der Waals surface area contributed by atoms with Crippen molar-refractivity contribution in [2.24, 2.45) is 5.73 Å². The first kappa shape index (κ1) is 13.9. The van der Waals surface area contributed by atoms with Crippen molar-refractivity contribution in [1.82, 2.24) is 0 Å².